The molecule has 0 saturated heterocycles. The van der Waals surface area contributed by atoms with E-state index in [1.807, 2.05) is 0 Å². The number of rotatable bonds is 4. The topological polar surface area (TPSA) is 12.9 Å². The maximum atomic E-state index is 4.73. The van der Waals surface area contributed by atoms with Gasteiger partial charge in [-0.3, -0.25) is 4.98 Å². The van der Waals surface area contributed by atoms with Crippen LogP contribution in [-0.4, -0.2) is 4.98 Å². The van der Waals surface area contributed by atoms with Gasteiger partial charge in [-0.2, -0.15) is 0 Å². The van der Waals surface area contributed by atoms with Gasteiger partial charge in [-0.15, -0.1) is 0 Å². The van der Waals surface area contributed by atoms with E-state index < -0.39 is 0 Å². The first kappa shape index (κ1) is 14.8. The van der Waals surface area contributed by atoms with Crippen molar-refractivity contribution >= 4 is 0 Å². The first-order valence-corrected chi connectivity index (χ1v) is 8.69. The lowest BCUT2D eigenvalue weighted by molar-refractivity contribution is 0.0675. The van der Waals surface area contributed by atoms with Gasteiger partial charge in [-0.25, -0.2) is 0 Å². The van der Waals surface area contributed by atoms with E-state index in [-0.39, 0.29) is 0 Å². The van der Waals surface area contributed by atoms with Crippen LogP contribution in [0.4, 0.5) is 0 Å². The third-order valence-electron chi connectivity index (χ3n) is 6.56. The molecule has 0 amide bonds. The largest absolute Gasteiger partial charge is 0.261 e. The number of allylic oxidation sites excluding steroid dienone is 1. The lowest BCUT2D eigenvalue weighted by Crippen LogP contribution is -2.44. The van der Waals surface area contributed by atoms with Crippen molar-refractivity contribution in [2.45, 2.75) is 77.6 Å². The molecule has 3 saturated carbocycles. The second-order valence-electron chi connectivity index (χ2n) is 7.36. The summed E-state index contributed by atoms with van der Waals surface area (Å²) in [4.78, 5) is 4.73. The average Bonchev–Trinajstić information content (AvgIpc) is 2.55. The van der Waals surface area contributed by atoms with Crippen LogP contribution < -0.4 is 0 Å². The highest BCUT2D eigenvalue weighted by atomic mass is 14.7. The monoisotopic (exact) mass is 283 g/mol. The molecule has 3 fully saturated rings. The number of nitrogens with zero attached hydrogens (tertiary/aromatic N) is 1. The van der Waals surface area contributed by atoms with E-state index in [0.29, 0.717) is 10.8 Å². The molecule has 1 aromatic heterocycles. The third-order valence-corrected chi connectivity index (χ3v) is 6.56. The van der Waals surface area contributed by atoms with Crippen LogP contribution in [0.15, 0.2) is 24.4 Å². The summed E-state index contributed by atoms with van der Waals surface area (Å²) in [5.41, 5.74) is 6.54. The molecule has 3 aliphatic carbocycles. The summed E-state index contributed by atoms with van der Waals surface area (Å²) in [6.07, 6.45) is 12.4. The molecule has 0 spiro atoms. The Kier molecular flexibility index (Phi) is 3.71. The van der Waals surface area contributed by atoms with Crippen molar-refractivity contribution in [1.29, 1.82) is 0 Å². The minimum absolute atomic E-state index is 0.416. The van der Waals surface area contributed by atoms with Crippen molar-refractivity contribution in [1.82, 2.24) is 4.98 Å². The number of pyridine rings is 1. The Hall–Kier alpha value is -1.11. The molecule has 1 aromatic rings. The first-order valence-electron chi connectivity index (χ1n) is 8.69. The fourth-order valence-corrected chi connectivity index (χ4v) is 4.79. The Morgan fingerprint density at radius 3 is 2.24 bits per heavy atom. The molecule has 3 aliphatic rings. The van der Waals surface area contributed by atoms with Gasteiger partial charge < -0.3 is 0 Å². The van der Waals surface area contributed by atoms with Crippen LogP contribution in [0.2, 0.25) is 0 Å². The highest BCUT2D eigenvalue weighted by molar-refractivity contribution is 5.33. The zero-order valence-electron chi connectivity index (χ0n) is 14.0. The van der Waals surface area contributed by atoms with Gasteiger partial charge in [0.2, 0.25) is 0 Å². The SMILES string of the molecule is C=C(CC)C12CCC(c3cnc(CC)c(C)c3)(CC1)CC2. The van der Waals surface area contributed by atoms with Gasteiger partial charge in [0.05, 0.1) is 0 Å². The second kappa shape index (κ2) is 5.26. The lowest BCUT2D eigenvalue weighted by Gasteiger charge is -2.54. The quantitative estimate of drug-likeness (QED) is 0.664. The molecule has 2 bridgehead atoms. The van der Waals surface area contributed by atoms with Crippen molar-refractivity contribution in [3.63, 3.8) is 0 Å². The van der Waals surface area contributed by atoms with Crippen molar-refractivity contribution in [3.8, 4) is 0 Å². The Bertz CT molecular complexity index is 530. The Labute approximate surface area is 129 Å². The summed E-state index contributed by atoms with van der Waals surface area (Å²) >= 11 is 0. The first-order chi connectivity index (χ1) is 10.1. The molecular weight excluding hydrogens is 254 g/mol. The molecule has 0 aromatic carbocycles. The molecule has 21 heavy (non-hydrogen) atoms. The summed E-state index contributed by atoms with van der Waals surface area (Å²) in [5.74, 6) is 0. The normalized spacial score (nSPS) is 31.4. The number of fused-ring (bicyclic) bond motifs is 3. The van der Waals surface area contributed by atoms with Gasteiger partial charge >= 0.3 is 0 Å². The molecular formula is C20H29N. The van der Waals surface area contributed by atoms with E-state index >= 15 is 0 Å². The summed E-state index contributed by atoms with van der Waals surface area (Å²) in [6, 6.07) is 2.43. The predicted octanol–water partition coefficient (Wildman–Crippen LogP) is 5.51. The van der Waals surface area contributed by atoms with E-state index in [4.69, 9.17) is 4.98 Å². The average molecular weight is 283 g/mol. The Morgan fingerprint density at radius 1 is 1.14 bits per heavy atom. The van der Waals surface area contributed by atoms with Crippen molar-refractivity contribution in [2.24, 2.45) is 5.41 Å². The van der Waals surface area contributed by atoms with Crippen LogP contribution in [0.25, 0.3) is 0 Å². The molecule has 0 atom stereocenters. The highest BCUT2D eigenvalue weighted by Crippen LogP contribution is 2.60. The van der Waals surface area contributed by atoms with E-state index in [2.05, 4.69) is 39.6 Å². The smallest absolute Gasteiger partial charge is 0.0430 e. The fourth-order valence-electron chi connectivity index (χ4n) is 4.79. The van der Waals surface area contributed by atoms with Crippen molar-refractivity contribution < 1.29 is 0 Å². The number of aryl methyl sites for hydroxylation is 2. The minimum atomic E-state index is 0.416. The molecule has 1 heterocycles. The van der Waals surface area contributed by atoms with Gasteiger partial charge in [-0.05, 0) is 80.2 Å². The van der Waals surface area contributed by atoms with Gasteiger partial charge in [0.25, 0.3) is 0 Å². The lowest BCUT2D eigenvalue weighted by atomic mass is 9.50. The molecule has 1 nitrogen and oxygen atoms in total. The number of hydrogen-bond acceptors (Lipinski definition) is 1. The summed E-state index contributed by atoms with van der Waals surface area (Å²) in [6.45, 7) is 11.1. The van der Waals surface area contributed by atoms with Crippen molar-refractivity contribution in [3.05, 3.63) is 41.2 Å². The maximum absolute atomic E-state index is 4.73. The van der Waals surface area contributed by atoms with Crippen LogP contribution in [0.1, 0.15) is 75.6 Å². The second-order valence-corrected chi connectivity index (χ2v) is 7.36. The Balaban J connectivity index is 1.86. The Morgan fingerprint density at radius 2 is 1.76 bits per heavy atom. The van der Waals surface area contributed by atoms with Crippen LogP contribution in [-0.2, 0) is 11.8 Å². The van der Waals surface area contributed by atoms with Crippen LogP contribution in [0.5, 0.6) is 0 Å². The van der Waals surface area contributed by atoms with E-state index in [1.54, 1.807) is 0 Å². The molecule has 4 rings (SSSR count). The number of hydrogen-bond donors (Lipinski definition) is 0. The van der Waals surface area contributed by atoms with Crippen LogP contribution in [0, 0.1) is 12.3 Å². The van der Waals surface area contributed by atoms with Gasteiger partial charge in [-0.1, -0.05) is 32.1 Å². The maximum Gasteiger partial charge on any atom is 0.0430 e. The van der Waals surface area contributed by atoms with Crippen molar-refractivity contribution in [2.75, 3.05) is 0 Å². The summed E-state index contributed by atoms with van der Waals surface area (Å²) in [5, 5.41) is 0. The fraction of sp³-hybridized carbons (Fsp3) is 0.650. The molecule has 1 heteroatoms. The van der Waals surface area contributed by atoms with Gasteiger partial charge in [0.15, 0.2) is 0 Å². The molecule has 0 aliphatic heterocycles. The highest BCUT2D eigenvalue weighted by Gasteiger charge is 2.50. The van der Waals surface area contributed by atoms with E-state index in [0.717, 1.165) is 12.8 Å². The summed E-state index contributed by atoms with van der Waals surface area (Å²) in [7, 11) is 0. The molecule has 114 valence electrons. The predicted molar refractivity (Wildman–Crippen MR) is 89.6 cm³/mol. The van der Waals surface area contributed by atoms with E-state index in [9.17, 15) is 0 Å². The third kappa shape index (κ3) is 2.25. The molecule has 0 radical (unpaired) electrons. The van der Waals surface area contributed by atoms with Crippen LogP contribution in [0.3, 0.4) is 0 Å². The van der Waals surface area contributed by atoms with Gasteiger partial charge in [0.1, 0.15) is 0 Å². The number of aromatic nitrogens is 1. The zero-order valence-corrected chi connectivity index (χ0v) is 14.0. The molecule has 0 N–H and O–H groups in total. The minimum Gasteiger partial charge on any atom is -0.261 e. The summed E-state index contributed by atoms with van der Waals surface area (Å²) < 4.78 is 0. The molecule has 0 unspecified atom stereocenters. The van der Waals surface area contributed by atoms with Gasteiger partial charge in [0, 0.05) is 11.9 Å². The van der Waals surface area contributed by atoms with E-state index in [1.165, 1.54) is 60.9 Å². The zero-order chi connectivity index (χ0) is 15.1. The van der Waals surface area contributed by atoms with Crippen LogP contribution >= 0.6 is 0 Å². The standard InChI is InChI=1S/C20H29N/c1-5-16(4)19-7-10-20(11-8-19,12-9-19)17-13-15(3)18(6-2)21-14-17/h13-14H,4-12H2,1-3H3.